The minimum Gasteiger partial charge on any atom is -0.317 e. The van der Waals surface area contributed by atoms with Crippen molar-refractivity contribution >= 4 is 5.71 Å². The maximum absolute atomic E-state index is 8.10. The zero-order chi connectivity index (χ0) is 9.80. The number of nitrogens with one attached hydrogen (secondary N) is 2. The number of benzene rings is 1. The van der Waals surface area contributed by atoms with Crippen molar-refractivity contribution in [2.24, 2.45) is 5.92 Å². The molecule has 2 rings (SSSR count). The molecule has 0 bridgehead atoms. The van der Waals surface area contributed by atoms with E-state index in [1.807, 2.05) is 30.3 Å². The summed E-state index contributed by atoms with van der Waals surface area (Å²) in [5, 5.41) is 11.4. The normalized spacial score (nSPS) is 18.0. The summed E-state index contributed by atoms with van der Waals surface area (Å²) in [6.07, 6.45) is 2.21. The Balaban J connectivity index is 2.07. The molecule has 0 atom stereocenters. The van der Waals surface area contributed by atoms with Gasteiger partial charge in [-0.15, -0.1) is 0 Å². The molecule has 1 aromatic carbocycles. The van der Waals surface area contributed by atoms with Crippen LogP contribution >= 0.6 is 0 Å². The smallest absolute Gasteiger partial charge is 0.0418 e. The average Bonchev–Trinajstić information content (AvgIpc) is 2.30. The number of rotatable bonds is 2. The highest BCUT2D eigenvalue weighted by Crippen LogP contribution is 2.17. The van der Waals surface area contributed by atoms with Crippen LogP contribution in [0, 0.1) is 11.3 Å². The lowest BCUT2D eigenvalue weighted by Gasteiger charge is -2.23. The third-order valence-corrected chi connectivity index (χ3v) is 2.83. The van der Waals surface area contributed by atoms with Crippen molar-refractivity contribution in [3.63, 3.8) is 0 Å². The standard InChI is InChI=1S/C12H16N2/c13-12(10-4-2-1-3-5-10)11-6-8-14-9-7-11/h1-5,11,13-14H,6-9H2. The summed E-state index contributed by atoms with van der Waals surface area (Å²) < 4.78 is 0. The van der Waals surface area contributed by atoms with Crippen LogP contribution in [0.1, 0.15) is 18.4 Å². The zero-order valence-corrected chi connectivity index (χ0v) is 8.29. The van der Waals surface area contributed by atoms with Gasteiger partial charge in [0, 0.05) is 11.6 Å². The molecule has 1 aliphatic rings. The molecule has 0 unspecified atom stereocenters. The van der Waals surface area contributed by atoms with Gasteiger partial charge in [0.25, 0.3) is 0 Å². The zero-order valence-electron chi connectivity index (χ0n) is 8.29. The SMILES string of the molecule is N=C(c1ccccc1)C1CCNCC1. The fourth-order valence-electron chi connectivity index (χ4n) is 1.96. The Bertz CT molecular complexity index is 299. The Hall–Kier alpha value is -1.15. The van der Waals surface area contributed by atoms with Gasteiger partial charge in [0.05, 0.1) is 0 Å². The van der Waals surface area contributed by atoms with E-state index in [9.17, 15) is 0 Å². The minimum atomic E-state index is 0.457. The second-order valence-electron chi connectivity index (χ2n) is 3.80. The summed E-state index contributed by atoms with van der Waals surface area (Å²) >= 11 is 0. The maximum Gasteiger partial charge on any atom is 0.0418 e. The molecule has 14 heavy (non-hydrogen) atoms. The van der Waals surface area contributed by atoms with Crippen LogP contribution in [0.2, 0.25) is 0 Å². The van der Waals surface area contributed by atoms with Gasteiger partial charge in [0.1, 0.15) is 0 Å². The van der Waals surface area contributed by atoms with E-state index in [4.69, 9.17) is 5.41 Å². The van der Waals surface area contributed by atoms with Gasteiger partial charge >= 0.3 is 0 Å². The van der Waals surface area contributed by atoms with Crippen molar-refractivity contribution in [2.45, 2.75) is 12.8 Å². The predicted molar refractivity (Wildman–Crippen MR) is 58.9 cm³/mol. The van der Waals surface area contributed by atoms with E-state index in [2.05, 4.69) is 5.32 Å². The number of hydrogen-bond acceptors (Lipinski definition) is 2. The first kappa shape index (κ1) is 9.41. The van der Waals surface area contributed by atoms with Crippen LogP contribution in [0.25, 0.3) is 0 Å². The lowest BCUT2D eigenvalue weighted by atomic mass is 9.89. The Kier molecular flexibility index (Phi) is 2.94. The Morgan fingerprint density at radius 3 is 2.43 bits per heavy atom. The van der Waals surface area contributed by atoms with Crippen molar-refractivity contribution in [1.29, 1.82) is 5.41 Å². The molecular formula is C12H16N2. The van der Waals surface area contributed by atoms with Crippen molar-refractivity contribution in [1.82, 2.24) is 5.32 Å². The van der Waals surface area contributed by atoms with Crippen LogP contribution in [0.4, 0.5) is 0 Å². The van der Waals surface area contributed by atoms with Crippen molar-refractivity contribution in [3.05, 3.63) is 35.9 Å². The maximum atomic E-state index is 8.10. The Morgan fingerprint density at radius 1 is 1.14 bits per heavy atom. The highest BCUT2D eigenvalue weighted by atomic mass is 14.9. The van der Waals surface area contributed by atoms with E-state index in [1.165, 1.54) is 0 Å². The topological polar surface area (TPSA) is 35.9 Å². The summed E-state index contributed by atoms with van der Waals surface area (Å²) in [4.78, 5) is 0. The first-order chi connectivity index (χ1) is 6.88. The monoisotopic (exact) mass is 188 g/mol. The van der Waals surface area contributed by atoms with Crippen LogP contribution in [0.5, 0.6) is 0 Å². The third kappa shape index (κ3) is 2.02. The molecule has 2 nitrogen and oxygen atoms in total. The van der Waals surface area contributed by atoms with Crippen molar-refractivity contribution < 1.29 is 0 Å². The second kappa shape index (κ2) is 4.38. The summed E-state index contributed by atoms with van der Waals surface area (Å²) in [5.74, 6) is 0.457. The molecule has 74 valence electrons. The van der Waals surface area contributed by atoms with E-state index in [0.717, 1.165) is 37.2 Å². The first-order valence-corrected chi connectivity index (χ1v) is 5.22. The van der Waals surface area contributed by atoms with Gasteiger partial charge in [-0.1, -0.05) is 30.3 Å². The predicted octanol–water partition coefficient (Wildman–Crippen LogP) is 2.05. The molecule has 0 radical (unpaired) electrons. The van der Waals surface area contributed by atoms with Crippen LogP contribution in [-0.2, 0) is 0 Å². The third-order valence-electron chi connectivity index (χ3n) is 2.83. The molecule has 1 fully saturated rings. The quantitative estimate of drug-likeness (QED) is 0.685. The van der Waals surface area contributed by atoms with Crippen LogP contribution in [-0.4, -0.2) is 18.8 Å². The van der Waals surface area contributed by atoms with E-state index in [0.29, 0.717) is 5.92 Å². The van der Waals surface area contributed by atoms with Gasteiger partial charge in [-0.05, 0) is 31.5 Å². The van der Waals surface area contributed by atoms with Gasteiger partial charge in [-0.2, -0.15) is 0 Å². The van der Waals surface area contributed by atoms with E-state index < -0.39 is 0 Å². The summed E-state index contributed by atoms with van der Waals surface area (Å²) in [6.45, 7) is 2.11. The second-order valence-corrected chi connectivity index (χ2v) is 3.80. The fourth-order valence-corrected chi connectivity index (χ4v) is 1.96. The molecule has 2 N–H and O–H groups in total. The molecule has 0 amide bonds. The molecule has 1 aromatic rings. The Labute approximate surface area is 84.9 Å². The van der Waals surface area contributed by atoms with Gasteiger partial charge in [-0.3, -0.25) is 0 Å². The summed E-state index contributed by atoms with van der Waals surface area (Å²) in [7, 11) is 0. The van der Waals surface area contributed by atoms with Gasteiger partial charge in [0.2, 0.25) is 0 Å². The largest absolute Gasteiger partial charge is 0.317 e. The van der Waals surface area contributed by atoms with Crippen LogP contribution in [0.15, 0.2) is 30.3 Å². The molecular weight excluding hydrogens is 172 g/mol. The van der Waals surface area contributed by atoms with Crippen molar-refractivity contribution in [3.8, 4) is 0 Å². The number of piperidine rings is 1. The Morgan fingerprint density at radius 2 is 1.79 bits per heavy atom. The molecule has 0 saturated carbocycles. The average molecular weight is 188 g/mol. The van der Waals surface area contributed by atoms with E-state index in [1.54, 1.807) is 0 Å². The molecule has 0 spiro atoms. The summed E-state index contributed by atoms with van der Waals surface area (Å²) in [5.41, 5.74) is 1.89. The van der Waals surface area contributed by atoms with Gasteiger partial charge in [-0.25, -0.2) is 0 Å². The fraction of sp³-hybridized carbons (Fsp3) is 0.417. The lowest BCUT2D eigenvalue weighted by Crippen LogP contribution is -2.31. The first-order valence-electron chi connectivity index (χ1n) is 5.22. The molecule has 0 aliphatic carbocycles. The minimum absolute atomic E-state index is 0.457. The number of hydrogen-bond donors (Lipinski definition) is 2. The lowest BCUT2D eigenvalue weighted by molar-refractivity contribution is 0.456. The molecule has 1 heterocycles. The molecule has 2 heteroatoms. The van der Waals surface area contributed by atoms with Crippen molar-refractivity contribution in [2.75, 3.05) is 13.1 Å². The van der Waals surface area contributed by atoms with E-state index >= 15 is 0 Å². The van der Waals surface area contributed by atoms with Gasteiger partial charge in [0.15, 0.2) is 0 Å². The molecule has 1 saturated heterocycles. The summed E-state index contributed by atoms with van der Waals surface area (Å²) in [6, 6.07) is 10.1. The molecule has 0 aromatic heterocycles. The van der Waals surface area contributed by atoms with E-state index in [-0.39, 0.29) is 0 Å². The van der Waals surface area contributed by atoms with Crippen LogP contribution in [0.3, 0.4) is 0 Å². The highest BCUT2D eigenvalue weighted by Gasteiger charge is 2.18. The molecule has 1 aliphatic heterocycles. The van der Waals surface area contributed by atoms with Gasteiger partial charge < -0.3 is 10.7 Å². The van der Waals surface area contributed by atoms with Crippen LogP contribution < -0.4 is 5.32 Å². The highest BCUT2D eigenvalue weighted by molar-refractivity contribution is 5.99.